The minimum atomic E-state index is 0.204. The van der Waals surface area contributed by atoms with Crippen LogP contribution >= 0.6 is 0 Å². The highest BCUT2D eigenvalue weighted by Gasteiger charge is 2.26. The molecule has 5 heteroatoms. The van der Waals surface area contributed by atoms with Crippen LogP contribution in [0.25, 0.3) is 10.9 Å². The Labute approximate surface area is 173 Å². The van der Waals surface area contributed by atoms with Gasteiger partial charge in [-0.15, -0.1) is 0 Å². The van der Waals surface area contributed by atoms with Crippen LogP contribution in [0.3, 0.4) is 0 Å². The lowest BCUT2D eigenvalue weighted by molar-refractivity contribution is -0.123. The minimum absolute atomic E-state index is 0.204. The maximum atomic E-state index is 12.7. The van der Waals surface area contributed by atoms with E-state index in [0.29, 0.717) is 11.3 Å². The fraction of sp³-hybridized carbons (Fsp3) is 0.542. The number of nitrogens with zero attached hydrogens (tertiary/aromatic N) is 4. The monoisotopic (exact) mass is 390 g/mol. The molecule has 5 nitrogen and oxygen atoms in total. The summed E-state index contributed by atoms with van der Waals surface area (Å²) < 4.78 is 0. The number of fused-ring (bicyclic) bond motifs is 1. The van der Waals surface area contributed by atoms with Gasteiger partial charge in [-0.05, 0) is 76.0 Å². The van der Waals surface area contributed by atoms with Crippen LogP contribution < -0.4 is 4.90 Å². The van der Waals surface area contributed by atoms with Crippen LogP contribution in [0.2, 0.25) is 0 Å². The first kappa shape index (κ1) is 19.8. The Morgan fingerprint density at radius 1 is 1.10 bits per heavy atom. The van der Waals surface area contributed by atoms with Crippen molar-refractivity contribution in [2.24, 2.45) is 5.92 Å². The van der Waals surface area contributed by atoms with Crippen molar-refractivity contribution in [3.05, 3.63) is 36.0 Å². The van der Waals surface area contributed by atoms with Crippen molar-refractivity contribution in [2.45, 2.75) is 44.9 Å². The van der Waals surface area contributed by atoms with E-state index >= 15 is 0 Å². The van der Waals surface area contributed by atoms with Gasteiger partial charge in [0.2, 0.25) is 0 Å². The molecule has 1 aromatic carbocycles. The number of pyridine rings is 1. The number of hydrogen-bond donors (Lipinski definition) is 0. The van der Waals surface area contributed by atoms with E-state index in [9.17, 15) is 10.1 Å². The molecule has 0 aliphatic carbocycles. The third-order valence-corrected chi connectivity index (χ3v) is 6.50. The van der Waals surface area contributed by atoms with E-state index in [-0.39, 0.29) is 5.92 Å². The number of nitriles is 1. The molecule has 2 aliphatic rings. The number of piperidine rings is 2. The summed E-state index contributed by atoms with van der Waals surface area (Å²) >= 11 is 0. The standard InChI is InChI=1S/C24H30N4O/c25-18-20-8-9-22(21-6-4-12-26-24(20)21)28-16-10-19(11-17-28)23(29)7-5-15-27-13-2-1-3-14-27/h4,6,8-9,12,19H,1-3,5,7,10-11,13-17H2. The first-order valence-corrected chi connectivity index (χ1v) is 11.0. The molecule has 2 aromatic rings. The van der Waals surface area contributed by atoms with E-state index in [1.807, 2.05) is 24.3 Å². The molecular weight excluding hydrogens is 360 g/mol. The zero-order chi connectivity index (χ0) is 20.1. The normalized spacial score (nSPS) is 18.7. The number of likely N-dealkylation sites (tertiary alicyclic amines) is 1. The van der Waals surface area contributed by atoms with E-state index in [1.165, 1.54) is 32.4 Å². The topological polar surface area (TPSA) is 60.2 Å². The Morgan fingerprint density at radius 2 is 1.90 bits per heavy atom. The Bertz CT molecular complexity index is 889. The number of hydrogen-bond acceptors (Lipinski definition) is 5. The molecule has 2 aliphatic heterocycles. The highest BCUT2D eigenvalue weighted by atomic mass is 16.1. The van der Waals surface area contributed by atoms with Crippen LogP contribution in [0, 0.1) is 17.2 Å². The molecule has 3 heterocycles. The lowest BCUT2D eigenvalue weighted by Crippen LogP contribution is -2.37. The summed E-state index contributed by atoms with van der Waals surface area (Å²) in [6.07, 6.45) is 9.29. The molecule has 2 saturated heterocycles. The van der Waals surface area contributed by atoms with Crippen molar-refractivity contribution in [3.8, 4) is 6.07 Å². The molecule has 4 rings (SSSR count). The fourth-order valence-electron chi connectivity index (χ4n) is 4.83. The Morgan fingerprint density at radius 3 is 2.66 bits per heavy atom. The predicted octanol–water partition coefficient (Wildman–Crippen LogP) is 4.16. The van der Waals surface area contributed by atoms with Gasteiger partial charge in [0, 0.05) is 42.7 Å². The second kappa shape index (κ2) is 9.37. The third kappa shape index (κ3) is 4.59. The summed E-state index contributed by atoms with van der Waals surface area (Å²) in [6.45, 7) is 5.27. The van der Waals surface area contributed by atoms with E-state index in [2.05, 4.69) is 20.9 Å². The van der Waals surface area contributed by atoms with Crippen LogP contribution in [-0.4, -0.2) is 48.4 Å². The lowest BCUT2D eigenvalue weighted by atomic mass is 9.89. The number of ketones is 1. The molecule has 0 amide bonds. The lowest BCUT2D eigenvalue weighted by Gasteiger charge is -2.34. The van der Waals surface area contributed by atoms with Gasteiger partial charge in [-0.1, -0.05) is 6.42 Å². The van der Waals surface area contributed by atoms with Crippen molar-refractivity contribution in [2.75, 3.05) is 37.6 Å². The number of carbonyl (C=O) groups excluding carboxylic acids is 1. The van der Waals surface area contributed by atoms with Crippen LogP contribution in [0.5, 0.6) is 0 Å². The molecule has 0 bridgehead atoms. The number of Topliss-reactive ketones (excluding diaryl/α,β-unsaturated/α-hetero) is 1. The van der Waals surface area contributed by atoms with Crippen LogP contribution in [-0.2, 0) is 4.79 Å². The van der Waals surface area contributed by atoms with Crippen LogP contribution in [0.4, 0.5) is 5.69 Å². The molecule has 2 fully saturated rings. The van der Waals surface area contributed by atoms with Crippen molar-refractivity contribution in [1.29, 1.82) is 5.26 Å². The first-order valence-electron chi connectivity index (χ1n) is 11.0. The SMILES string of the molecule is N#Cc1ccc(N2CCC(C(=O)CCCN3CCCCC3)CC2)c2cccnc12. The van der Waals surface area contributed by atoms with E-state index < -0.39 is 0 Å². The average molecular weight is 391 g/mol. The summed E-state index contributed by atoms with van der Waals surface area (Å²) in [5.74, 6) is 0.656. The molecule has 152 valence electrons. The third-order valence-electron chi connectivity index (χ3n) is 6.50. The summed E-state index contributed by atoms with van der Waals surface area (Å²) in [5, 5.41) is 10.4. The van der Waals surface area contributed by atoms with E-state index in [4.69, 9.17) is 0 Å². The number of carbonyl (C=O) groups is 1. The predicted molar refractivity (Wildman–Crippen MR) is 116 cm³/mol. The van der Waals surface area contributed by atoms with Gasteiger partial charge < -0.3 is 9.80 Å². The van der Waals surface area contributed by atoms with E-state index in [0.717, 1.165) is 61.9 Å². The molecule has 0 unspecified atom stereocenters. The first-order chi connectivity index (χ1) is 14.3. The second-order valence-electron chi connectivity index (χ2n) is 8.38. The quantitative estimate of drug-likeness (QED) is 0.741. The second-order valence-corrected chi connectivity index (χ2v) is 8.38. The van der Waals surface area contributed by atoms with Crippen molar-refractivity contribution < 1.29 is 4.79 Å². The number of aromatic nitrogens is 1. The summed E-state index contributed by atoms with van der Waals surface area (Å²) in [4.78, 5) is 22.0. The highest BCUT2D eigenvalue weighted by Crippen LogP contribution is 2.31. The number of rotatable bonds is 6. The summed E-state index contributed by atoms with van der Waals surface area (Å²) in [6, 6.07) is 10.1. The minimum Gasteiger partial charge on any atom is -0.371 e. The van der Waals surface area contributed by atoms with Gasteiger partial charge in [-0.2, -0.15) is 5.26 Å². The summed E-state index contributed by atoms with van der Waals surface area (Å²) in [5.41, 5.74) is 2.51. The van der Waals surface area contributed by atoms with Gasteiger partial charge in [0.25, 0.3) is 0 Å². The summed E-state index contributed by atoms with van der Waals surface area (Å²) in [7, 11) is 0. The highest BCUT2D eigenvalue weighted by molar-refractivity contribution is 5.95. The maximum Gasteiger partial charge on any atom is 0.136 e. The van der Waals surface area contributed by atoms with Crippen LogP contribution in [0.1, 0.15) is 50.5 Å². The number of benzene rings is 1. The molecule has 1 aromatic heterocycles. The van der Waals surface area contributed by atoms with Crippen LogP contribution in [0.15, 0.2) is 30.5 Å². The number of anilines is 1. The Balaban J connectivity index is 1.32. The van der Waals surface area contributed by atoms with Crippen molar-refractivity contribution in [1.82, 2.24) is 9.88 Å². The molecule has 0 saturated carbocycles. The van der Waals surface area contributed by atoms with Gasteiger partial charge >= 0.3 is 0 Å². The Hall–Kier alpha value is -2.45. The van der Waals surface area contributed by atoms with Gasteiger partial charge in [-0.3, -0.25) is 9.78 Å². The molecular formula is C24H30N4O. The van der Waals surface area contributed by atoms with E-state index in [1.54, 1.807) is 6.20 Å². The van der Waals surface area contributed by atoms with Gasteiger partial charge in [0.05, 0.1) is 11.1 Å². The van der Waals surface area contributed by atoms with Gasteiger partial charge in [0.15, 0.2) is 0 Å². The molecule has 0 atom stereocenters. The fourth-order valence-corrected chi connectivity index (χ4v) is 4.83. The Kier molecular flexibility index (Phi) is 6.41. The van der Waals surface area contributed by atoms with Crippen molar-refractivity contribution in [3.63, 3.8) is 0 Å². The zero-order valence-corrected chi connectivity index (χ0v) is 17.1. The maximum absolute atomic E-state index is 12.7. The molecule has 0 N–H and O–H groups in total. The largest absolute Gasteiger partial charge is 0.371 e. The average Bonchev–Trinajstić information content (AvgIpc) is 2.79. The smallest absolute Gasteiger partial charge is 0.136 e. The van der Waals surface area contributed by atoms with Crippen molar-refractivity contribution >= 4 is 22.4 Å². The molecule has 0 spiro atoms. The molecule has 29 heavy (non-hydrogen) atoms. The van der Waals surface area contributed by atoms with Gasteiger partial charge in [0.1, 0.15) is 11.9 Å². The molecule has 0 radical (unpaired) electrons. The zero-order valence-electron chi connectivity index (χ0n) is 17.1. The van der Waals surface area contributed by atoms with Gasteiger partial charge in [-0.25, -0.2) is 0 Å².